The van der Waals surface area contributed by atoms with Crippen molar-refractivity contribution in [3.05, 3.63) is 64.7 Å². The molecule has 0 saturated carbocycles. The summed E-state index contributed by atoms with van der Waals surface area (Å²) in [6.07, 6.45) is 0. The Morgan fingerprint density at radius 3 is 2.59 bits per heavy atom. The van der Waals surface area contributed by atoms with Crippen LogP contribution in [0.5, 0.6) is 0 Å². The summed E-state index contributed by atoms with van der Waals surface area (Å²) in [5.74, 6) is 0. The van der Waals surface area contributed by atoms with Crippen LogP contribution < -0.4 is 0 Å². The standard InChI is InChI=1S/C18H17N3S/c1-13(18-20-16-5-3-4-6-17(16)22-18)21(2)12-15-9-7-14(11-19)8-10-15/h3-10,13H,12H2,1-2H3. The molecule has 1 unspecified atom stereocenters. The molecule has 0 fully saturated rings. The molecule has 0 aliphatic heterocycles. The largest absolute Gasteiger partial charge is 0.293 e. The SMILES string of the molecule is CC(c1nc2ccccc2s1)N(C)Cc1ccc(C#N)cc1. The van der Waals surface area contributed by atoms with E-state index in [1.54, 1.807) is 11.3 Å². The number of thiazole rings is 1. The second-order valence-electron chi connectivity index (χ2n) is 5.42. The summed E-state index contributed by atoms with van der Waals surface area (Å²) >= 11 is 1.75. The van der Waals surface area contributed by atoms with Crippen molar-refractivity contribution in [1.82, 2.24) is 9.88 Å². The van der Waals surface area contributed by atoms with Crippen molar-refractivity contribution in [2.24, 2.45) is 0 Å². The summed E-state index contributed by atoms with van der Waals surface area (Å²) in [4.78, 5) is 7.01. The third kappa shape index (κ3) is 3.01. The van der Waals surface area contributed by atoms with Crippen molar-refractivity contribution in [2.45, 2.75) is 19.5 Å². The Labute approximate surface area is 134 Å². The Hall–Kier alpha value is -2.22. The van der Waals surface area contributed by atoms with E-state index >= 15 is 0 Å². The zero-order valence-electron chi connectivity index (χ0n) is 12.7. The molecule has 3 nitrogen and oxygen atoms in total. The van der Waals surface area contributed by atoms with Gasteiger partial charge >= 0.3 is 0 Å². The minimum absolute atomic E-state index is 0.257. The summed E-state index contributed by atoms with van der Waals surface area (Å²) in [5, 5.41) is 9.99. The van der Waals surface area contributed by atoms with E-state index in [-0.39, 0.29) is 6.04 Å². The second kappa shape index (κ2) is 6.27. The van der Waals surface area contributed by atoms with Crippen LogP contribution in [0.4, 0.5) is 0 Å². The molecule has 0 aliphatic rings. The summed E-state index contributed by atoms with van der Waals surface area (Å²) in [7, 11) is 2.11. The van der Waals surface area contributed by atoms with Gasteiger partial charge in [-0.25, -0.2) is 4.98 Å². The highest BCUT2D eigenvalue weighted by atomic mass is 32.1. The monoisotopic (exact) mass is 307 g/mol. The number of fused-ring (bicyclic) bond motifs is 1. The van der Waals surface area contributed by atoms with Gasteiger partial charge in [-0.05, 0) is 43.8 Å². The number of aromatic nitrogens is 1. The first-order valence-electron chi connectivity index (χ1n) is 7.22. The zero-order valence-corrected chi connectivity index (χ0v) is 13.5. The van der Waals surface area contributed by atoms with Crippen molar-refractivity contribution < 1.29 is 0 Å². The first kappa shape index (κ1) is 14.7. The maximum absolute atomic E-state index is 8.85. The lowest BCUT2D eigenvalue weighted by Crippen LogP contribution is -2.21. The highest BCUT2D eigenvalue weighted by molar-refractivity contribution is 7.18. The fraction of sp³-hybridized carbons (Fsp3) is 0.222. The third-order valence-electron chi connectivity index (χ3n) is 3.84. The van der Waals surface area contributed by atoms with Crippen LogP contribution in [0.15, 0.2) is 48.5 Å². The second-order valence-corrected chi connectivity index (χ2v) is 6.48. The van der Waals surface area contributed by atoms with Crippen molar-refractivity contribution in [2.75, 3.05) is 7.05 Å². The van der Waals surface area contributed by atoms with Gasteiger partial charge in [0.2, 0.25) is 0 Å². The fourth-order valence-electron chi connectivity index (χ4n) is 2.37. The Morgan fingerprint density at radius 1 is 1.18 bits per heavy atom. The van der Waals surface area contributed by atoms with E-state index in [0.29, 0.717) is 5.56 Å². The topological polar surface area (TPSA) is 39.9 Å². The molecule has 22 heavy (non-hydrogen) atoms. The smallest absolute Gasteiger partial charge is 0.111 e. The molecule has 2 aromatic carbocycles. The van der Waals surface area contributed by atoms with Gasteiger partial charge in [-0.15, -0.1) is 11.3 Å². The molecule has 0 bridgehead atoms. The lowest BCUT2D eigenvalue weighted by molar-refractivity contribution is 0.253. The molecule has 1 heterocycles. The molecule has 0 saturated heterocycles. The molecule has 3 rings (SSSR count). The van der Waals surface area contributed by atoms with Gasteiger partial charge in [0.25, 0.3) is 0 Å². The van der Waals surface area contributed by atoms with E-state index in [0.717, 1.165) is 17.1 Å². The van der Waals surface area contributed by atoms with Gasteiger partial charge in [-0.3, -0.25) is 4.90 Å². The average Bonchev–Trinajstić information content (AvgIpc) is 2.98. The minimum Gasteiger partial charge on any atom is -0.293 e. The molecule has 110 valence electrons. The van der Waals surface area contributed by atoms with E-state index in [2.05, 4.69) is 43.1 Å². The molecule has 0 N–H and O–H groups in total. The summed E-state index contributed by atoms with van der Waals surface area (Å²) < 4.78 is 1.23. The first-order chi connectivity index (χ1) is 10.7. The summed E-state index contributed by atoms with van der Waals surface area (Å²) in [6, 6.07) is 18.4. The zero-order chi connectivity index (χ0) is 15.5. The van der Waals surface area contributed by atoms with Gasteiger partial charge in [0, 0.05) is 6.54 Å². The van der Waals surface area contributed by atoms with Crippen molar-refractivity contribution in [1.29, 1.82) is 5.26 Å². The van der Waals surface area contributed by atoms with Crippen LogP contribution in [-0.2, 0) is 6.54 Å². The number of hydrogen-bond donors (Lipinski definition) is 0. The number of para-hydroxylation sites is 1. The highest BCUT2D eigenvalue weighted by Crippen LogP contribution is 2.29. The van der Waals surface area contributed by atoms with Gasteiger partial charge in [0.15, 0.2) is 0 Å². The molecule has 0 radical (unpaired) electrons. The van der Waals surface area contributed by atoms with Gasteiger partial charge in [-0.2, -0.15) is 5.26 Å². The molecular weight excluding hydrogens is 290 g/mol. The number of rotatable bonds is 4. The molecule has 4 heteroatoms. The van der Waals surface area contributed by atoms with E-state index in [9.17, 15) is 0 Å². The van der Waals surface area contributed by atoms with Crippen LogP contribution in [0.3, 0.4) is 0 Å². The number of nitriles is 1. The van der Waals surface area contributed by atoms with Crippen molar-refractivity contribution >= 4 is 21.6 Å². The predicted molar refractivity (Wildman–Crippen MR) is 90.7 cm³/mol. The Kier molecular flexibility index (Phi) is 4.19. The van der Waals surface area contributed by atoms with E-state index < -0.39 is 0 Å². The first-order valence-corrected chi connectivity index (χ1v) is 8.04. The maximum Gasteiger partial charge on any atom is 0.111 e. The lowest BCUT2D eigenvalue weighted by atomic mass is 10.1. The van der Waals surface area contributed by atoms with Crippen molar-refractivity contribution in [3.8, 4) is 6.07 Å². The minimum atomic E-state index is 0.257. The molecule has 0 spiro atoms. The normalized spacial score (nSPS) is 12.5. The van der Waals surface area contributed by atoms with Crippen LogP contribution in [0.2, 0.25) is 0 Å². The van der Waals surface area contributed by atoms with Crippen LogP contribution in [0, 0.1) is 11.3 Å². The Bertz CT molecular complexity index is 781. The van der Waals surface area contributed by atoms with Gasteiger partial charge in [0.05, 0.1) is 27.9 Å². The van der Waals surface area contributed by atoms with Gasteiger partial charge in [-0.1, -0.05) is 24.3 Å². The van der Waals surface area contributed by atoms with Crippen LogP contribution in [0.25, 0.3) is 10.2 Å². The number of benzene rings is 2. The highest BCUT2D eigenvalue weighted by Gasteiger charge is 2.16. The molecule has 1 atom stereocenters. The number of hydrogen-bond acceptors (Lipinski definition) is 4. The van der Waals surface area contributed by atoms with E-state index in [4.69, 9.17) is 10.2 Å². The molecule has 3 aromatic rings. The maximum atomic E-state index is 8.85. The average molecular weight is 307 g/mol. The predicted octanol–water partition coefficient (Wildman–Crippen LogP) is 4.36. The molecule has 0 amide bonds. The molecule has 1 aromatic heterocycles. The van der Waals surface area contributed by atoms with Gasteiger partial charge in [0.1, 0.15) is 5.01 Å². The Balaban J connectivity index is 1.75. The van der Waals surface area contributed by atoms with Gasteiger partial charge < -0.3 is 0 Å². The summed E-state index contributed by atoms with van der Waals surface area (Å²) in [5.41, 5.74) is 2.97. The fourth-order valence-corrected chi connectivity index (χ4v) is 3.45. The van der Waals surface area contributed by atoms with Crippen molar-refractivity contribution in [3.63, 3.8) is 0 Å². The lowest BCUT2D eigenvalue weighted by Gasteiger charge is -2.22. The van der Waals surface area contributed by atoms with Crippen LogP contribution in [0.1, 0.15) is 29.1 Å². The number of nitrogens with zero attached hydrogens (tertiary/aromatic N) is 3. The van der Waals surface area contributed by atoms with E-state index in [1.807, 2.05) is 30.3 Å². The quantitative estimate of drug-likeness (QED) is 0.719. The molecule has 0 aliphatic carbocycles. The molecular formula is C18H17N3S. The van der Waals surface area contributed by atoms with E-state index in [1.165, 1.54) is 10.3 Å². The summed E-state index contributed by atoms with van der Waals surface area (Å²) in [6.45, 7) is 3.02. The van der Waals surface area contributed by atoms with Crippen LogP contribution in [-0.4, -0.2) is 16.9 Å². The Morgan fingerprint density at radius 2 is 1.91 bits per heavy atom. The van der Waals surface area contributed by atoms with Crippen LogP contribution >= 0.6 is 11.3 Å². The third-order valence-corrected chi connectivity index (χ3v) is 5.05.